The molecule has 0 bridgehead atoms. The second-order valence-electron chi connectivity index (χ2n) is 4.41. The van der Waals surface area contributed by atoms with Gasteiger partial charge in [-0.3, -0.25) is 5.11 Å². The van der Waals surface area contributed by atoms with Gasteiger partial charge < -0.3 is 0 Å². The minimum absolute atomic E-state index is 0.795. The van der Waals surface area contributed by atoms with E-state index in [-0.39, 0.29) is 0 Å². The molecule has 0 N–H and O–H groups in total. The number of rotatable bonds is 11. The van der Waals surface area contributed by atoms with Crippen molar-refractivity contribution in [1.82, 2.24) is 0 Å². The summed E-state index contributed by atoms with van der Waals surface area (Å²) in [6.07, 6.45) is 22.3. The minimum Gasteiger partial charge on any atom is -0.299 e. The van der Waals surface area contributed by atoms with E-state index in [2.05, 4.69) is 13.0 Å². The molecule has 97 valence electrons. The molecule has 1 heteroatoms. The maximum Gasteiger partial charge on any atom is 0.142 e. The first-order chi connectivity index (χ1) is 8.41. The van der Waals surface area contributed by atoms with Crippen molar-refractivity contribution in [3.05, 3.63) is 36.6 Å². The number of hydrogen-bond acceptors (Lipinski definition) is 0. The Kier molecular flexibility index (Phi) is 14.2. The summed E-state index contributed by atoms with van der Waals surface area (Å²) in [5, 5.41) is 9.98. The van der Waals surface area contributed by atoms with E-state index in [0.717, 1.165) is 12.7 Å². The van der Waals surface area contributed by atoms with Gasteiger partial charge in [0.25, 0.3) is 0 Å². The summed E-state index contributed by atoms with van der Waals surface area (Å²) in [5.41, 5.74) is 0. The highest BCUT2D eigenvalue weighted by Gasteiger charge is 1.89. The summed E-state index contributed by atoms with van der Waals surface area (Å²) < 4.78 is 0. The molecule has 0 rings (SSSR count). The van der Waals surface area contributed by atoms with Gasteiger partial charge >= 0.3 is 0 Å². The first-order valence-electron chi connectivity index (χ1n) is 7.02. The van der Waals surface area contributed by atoms with Crippen LogP contribution in [0.2, 0.25) is 0 Å². The van der Waals surface area contributed by atoms with Crippen LogP contribution in [0.15, 0.2) is 36.6 Å². The van der Waals surface area contributed by atoms with Gasteiger partial charge in [-0.05, 0) is 18.9 Å². The third kappa shape index (κ3) is 15.0. The Morgan fingerprint density at radius 1 is 0.706 bits per heavy atom. The summed E-state index contributed by atoms with van der Waals surface area (Å²) in [6, 6.07) is 0. The molecular formula is C16H27O. The second kappa shape index (κ2) is 15.0. The lowest BCUT2D eigenvalue weighted by Crippen LogP contribution is -1.79. The van der Waals surface area contributed by atoms with Gasteiger partial charge in [0.05, 0.1) is 0 Å². The van der Waals surface area contributed by atoms with Crippen molar-refractivity contribution in [2.24, 2.45) is 0 Å². The third-order valence-corrected chi connectivity index (χ3v) is 2.77. The standard InChI is InChI=1S/C16H27O/c1-2-3-4-5-6-7-8-9-10-11-12-13-14-15-16-17/h11-16H,2-10H2,1H3. The molecule has 0 heterocycles. The Morgan fingerprint density at radius 2 is 1.29 bits per heavy atom. The fourth-order valence-corrected chi connectivity index (χ4v) is 1.74. The molecule has 0 aliphatic heterocycles. The van der Waals surface area contributed by atoms with Crippen LogP contribution in [0.3, 0.4) is 0 Å². The predicted molar refractivity (Wildman–Crippen MR) is 75.3 cm³/mol. The van der Waals surface area contributed by atoms with E-state index in [1.165, 1.54) is 57.4 Å². The molecule has 0 aliphatic rings. The highest BCUT2D eigenvalue weighted by atomic mass is 16.2. The lowest BCUT2D eigenvalue weighted by Gasteiger charge is -1.99. The molecule has 0 aliphatic carbocycles. The summed E-state index contributed by atoms with van der Waals surface area (Å²) in [7, 11) is 0. The summed E-state index contributed by atoms with van der Waals surface area (Å²) in [5.74, 6) is 0. The van der Waals surface area contributed by atoms with E-state index in [4.69, 9.17) is 0 Å². The molecule has 0 unspecified atom stereocenters. The molecule has 0 spiro atoms. The molecule has 0 atom stereocenters. The quantitative estimate of drug-likeness (QED) is 0.253. The first-order valence-corrected chi connectivity index (χ1v) is 7.02. The van der Waals surface area contributed by atoms with Crippen molar-refractivity contribution in [2.45, 2.75) is 64.7 Å². The zero-order valence-corrected chi connectivity index (χ0v) is 11.2. The number of unbranched alkanes of at least 4 members (excludes halogenated alkanes) is 8. The van der Waals surface area contributed by atoms with Gasteiger partial charge in [-0.1, -0.05) is 76.2 Å². The molecule has 17 heavy (non-hydrogen) atoms. The molecular weight excluding hydrogens is 208 g/mol. The van der Waals surface area contributed by atoms with Crippen LogP contribution in [0.25, 0.3) is 0 Å². The van der Waals surface area contributed by atoms with Crippen molar-refractivity contribution in [3.8, 4) is 0 Å². The molecule has 0 aromatic carbocycles. The van der Waals surface area contributed by atoms with Gasteiger partial charge in [-0.25, -0.2) is 0 Å². The zero-order valence-electron chi connectivity index (χ0n) is 11.2. The second-order valence-corrected chi connectivity index (χ2v) is 4.41. The van der Waals surface area contributed by atoms with Crippen LogP contribution in [0.1, 0.15) is 64.7 Å². The van der Waals surface area contributed by atoms with Crippen LogP contribution in [-0.2, 0) is 5.11 Å². The van der Waals surface area contributed by atoms with E-state index in [1.54, 1.807) is 6.08 Å². The maximum absolute atomic E-state index is 9.98. The first kappa shape index (κ1) is 16.0. The third-order valence-electron chi connectivity index (χ3n) is 2.77. The lowest BCUT2D eigenvalue weighted by atomic mass is 10.1. The largest absolute Gasteiger partial charge is 0.299 e. The molecule has 0 aromatic heterocycles. The topological polar surface area (TPSA) is 19.9 Å². The van der Waals surface area contributed by atoms with Gasteiger partial charge in [0.2, 0.25) is 0 Å². The normalized spacial score (nSPS) is 12.3. The van der Waals surface area contributed by atoms with Crippen LogP contribution in [0, 0.1) is 0 Å². The van der Waals surface area contributed by atoms with Gasteiger partial charge in [0.1, 0.15) is 6.26 Å². The van der Waals surface area contributed by atoms with E-state index in [1.807, 2.05) is 12.2 Å². The van der Waals surface area contributed by atoms with Crippen molar-refractivity contribution in [1.29, 1.82) is 0 Å². The zero-order chi connectivity index (χ0) is 12.6. The highest BCUT2D eigenvalue weighted by Crippen LogP contribution is 2.09. The predicted octanol–water partition coefficient (Wildman–Crippen LogP) is 5.57. The smallest absolute Gasteiger partial charge is 0.142 e. The van der Waals surface area contributed by atoms with Crippen LogP contribution in [0.5, 0.6) is 0 Å². The van der Waals surface area contributed by atoms with Gasteiger partial charge in [-0.15, -0.1) is 0 Å². The average Bonchev–Trinajstić information content (AvgIpc) is 2.35. The Bertz CT molecular complexity index is 214. The number of hydrogen-bond donors (Lipinski definition) is 0. The lowest BCUT2D eigenvalue weighted by molar-refractivity contribution is 0.352. The fourth-order valence-electron chi connectivity index (χ4n) is 1.74. The van der Waals surface area contributed by atoms with Gasteiger partial charge in [-0.2, -0.15) is 0 Å². The molecule has 0 amide bonds. The van der Waals surface area contributed by atoms with Crippen molar-refractivity contribution in [2.75, 3.05) is 0 Å². The molecule has 0 saturated heterocycles. The molecule has 0 fully saturated rings. The average molecular weight is 235 g/mol. The summed E-state index contributed by atoms with van der Waals surface area (Å²) in [6.45, 7) is 2.26. The maximum atomic E-state index is 9.98. The minimum atomic E-state index is 0.795. The van der Waals surface area contributed by atoms with Crippen molar-refractivity contribution in [3.63, 3.8) is 0 Å². The van der Waals surface area contributed by atoms with Gasteiger partial charge in [0.15, 0.2) is 0 Å². The Labute approximate surface area is 107 Å². The molecule has 0 saturated carbocycles. The van der Waals surface area contributed by atoms with Crippen molar-refractivity contribution >= 4 is 0 Å². The van der Waals surface area contributed by atoms with E-state index in [0.29, 0.717) is 0 Å². The van der Waals surface area contributed by atoms with Crippen LogP contribution in [0.4, 0.5) is 0 Å². The monoisotopic (exact) mass is 235 g/mol. The van der Waals surface area contributed by atoms with Gasteiger partial charge in [0, 0.05) is 0 Å². The number of allylic oxidation sites excluding steroid dienone is 5. The SMILES string of the molecule is CCCCCCCCCCC=CC=CC=C[O]. The van der Waals surface area contributed by atoms with Crippen LogP contribution < -0.4 is 0 Å². The van der Waals surface area contributed by atoms with E-state index >= 15 is 0 Å². The van der Waals surface area contributed by atoms with Crippen LogP contribution >= 0.6 is 0 Å². The summed E-state index contributed by atoms with van der Waals surface area (Å²) in [4.78, 5) is 0. The van der Waals surface area contributed by atoms with E-state index in [9.17, 15) is 5.11 Å². The van der Waals surface area contributed by atoms with Crippen molar-refractivity contribution < 1.29 is 5.11 Å². The molecule has 0 aromatic rings. The fraction of sp³-hybridized carbons (Fsp3) is 0.625. The van der Waals surface area contributed by atoms with E-state index < -0.39 is 0 Å². The highest BCUT2D eigenvalue weighted by molar-refractivity contribution is 5.09. The van der Waals surface area contributed by atoms with Crippen LogP contribution in [-0.4, -0.2) is 0 Å². The molecule has 1 nitrogen and oxygen atoms in total. The summed E-state index contributed by atoms with van der Waals surface area (Å²) >= 11 is 0. The Morgan fingerprint density at radius 3 is 1.94 bits per heavy atom. The Balaban J connectivity index is 3.12. The Hall–Kier alpha value is -0.980. The molecule has 1 radical (unpaired) electrons.